The minimum atomic E-state index is -0.250. The maximum atomic E-state index is 13.0. The quantitative estimate of drug-likeness (QED) is 0.882. The van der Waals surface area contributed by atoms with Gasteiger partial charge in [0.1, 0.15) is 5.82 Å². The van der Waals surface area contributed by atoms with Gasteiger partial charge in [0.15, 0.2) is 0 Å². The highest BCUT2D eigenvalue weighted by Gasteiger charge is 2.13. The monoisotopic (exact) mass is 328 g/mol. The van der Waals surface area contributed by atoms with Crippen LogP contribution in [0, 0.1) is 5.82 Å². The molecule has 0 aliphatic rings. The lowest BCUT2D eigenvalue weighted by atomic mass is 10.1. The summed E-state index contributed by atoms with van der Waals surface area (Å²) in [6, 6.07) is 8.79. The summed E-state index contributed by atoms with van der Waals surface area (Å²) in [4.78, 5) is 1.26. The predicted octanol–water partition coefficient (Wildman–Crippen LogP) is 3.44. The number of nitrogens with two attached hydrogens (primary N) is 1. The zero-order chi connectivity index (χ0) is 13.0. The van der Waals surface area contributed by atoms with Crippen molar-refractivity contribution >= 4 is 27.3 Å². The normalized spacial score (nSPS) is 12.6. The Morgan fingerprint density at radius 1 is 1.39 bits per heavy atom. The third kappa shape index (κ3) is 3.38. The SMILES string of the molecule is NCC(NCc1cccs1)c1ccc(F)cc1Br. The van der Waals surface area contributed by atoms with Gasteiger partial charge in [0.05, 0.1) is 0 Å². The summed E-state index contributed by atoms with van der Waals surface area (Å²) in [5, 5.41) is 5.43. The van der Waals surface area contributed by atoms with Crippen molar-refractivity contribution < 1.29 is 4.39 Å². The van der Waals surface area contributed by atoms with Gasteiger partial charge in [-0.15, -0.1) is 11.3 Å². The summed E-state index contributed by atoms with van der Waals surface area (Å²) in [6.45, 7) is 1.24. The summed E-state index contributed by atoms with van der Waals surface area (Å²) in [6.07, 6.45) is 0. The third-order valence-electron chi connectivity index (χ3n) is 2.68. The van der Waals surface area contributed by atoms with Crippen molar-refractivity contribution in [3.8, 4) is 0 Å². The van der Waals surface area contributed by atoms with Gasteiger partial charge in [-0.2, -0.15) is 0 Å². The van der Waals surface area contributed by atoms with Gasteiger partial charge in [-0.05, 0) is 29.1 Å². The fourth-order valence-electron chi connectivity index (χ4n) is 1.74. The largest absolute Gasteiger partial charge is 0.329 e. The molecule has 0 bridgehead atoms. The molecule has 0 spiro atoms. The van der Waals surface area contributed by atoms with Gasteiger partial charge in [-0.25, -0.2) is 4.39 Å². The second-order valence-corrected chi connectivity index (χ2v) is 5.80. The van der Waals surface area contributed by atoms with E-state index in [1.54, 1.807) is 17.4 Å². The number of benzene rings is 1. The van der Waals surface area contributed by atoms with Crippen LogP contribution in [-0.2, 0) is 6.54 Å². The van der Waals surface area contributed by atoms with Crippen molar-refractivity contribution in [3.63, 3.8) is 0 Å². The molecule has 0 saturated heterocycles. The van der Waals surface area contributed by atoms with Crippen molar-refractivity contribution in [2.24, 2.45) is 5.73 Å². The number of thiophene rings is 1. The van der Waals surface area contributed by atoms with Gasteiger partial charge in [-0.3, -0.25) is 0 Å². The van der Waals surface area contributed by atoms with Crippen molar-refractivity contribution in [1.29, 1.82) is 0 Å². The topological polar surface area (TPSA) is 38.0 Å². The molecule has 0 aliphatic carbocycles. The zero-order valence-corrected chi connectivity index (χ0v) is 12.1. The fraction of sp³-hybridized carbons (Fsp3) is 0.231. The van der Waals surface area contributed by atoms with Crippen LogP contribution in [0.2, 0.25) is 0 Å². The fourth-order valence-corrected chi connectivity index (χ4v) is 3.02. The van der Waals surface area contributed by atoms with Crippen LogP contribution in [0.25, 0.3) is 0 Å². The molecule has 5 heteroatoms. The van der Waals surface area contributed by atoms with E-state index in [2.05, 4.69) is 27.3 Å². The Hall–Kier alpha value is -0.750. The number of halogens is 2. The Morgan fingerprint density at radius 2 is 2.22 bits per heavy atom. The van der Waals surface area contributed by atoms with Gasteiger partial charge in [-0.1, -0.05) is 28.1 Å². The molecule has 3 N–H and O–H groups in total. The van der Waals surface area contributed by atoms with Crippen LogP contribution in [-0.4, -0.2) is 6.54 Å². The van der Waals surface area contributed by atoms with Crippen LogP contribution in [0.5, 0.6) is 0 Å². The van der Waals surface area contributed by atoms with Gasteiger partial charge >= 0.3 is 0 Å². The first-order valence-electron chi connectivity index (χ1n) is 5.61. The molecular weight excluding hydrogens is 315 g/mol. The molecule has 0 amide bonds. The molecule has 96 valence electrons. The summed E-state index contributed by atoms with van der Waals surface area (Å²) in [5.74, 6) is -0.250. The van der Waals surface area contributed by atoms with Crippen LogP contribution in [0.1, 0.15) is 16.5 Å². The highest BCUT2D eigenvalue weighted by Crippen LogP contribution is 2.24. The van der Waals surface area contributed by atoms with Crippen LogP contribution < -0.4 is 11.1 Å². The zero-order valence-electron chi connectivity index (χ0n) is 9.70. The molecular formula is C13H14BrFN2S. The lowest BCUT2D eigenvalue weighted by Crippen LogP contribution is -2.27. The lowest BCUT2D eigenvalue weighted by molar-refractivity contribution is 0.541. The first-order valence-corrected chi connectivity index (χ1v) is 7.28. The minimum absolute atomic E-state index is 0.0158. The minimum Gasteiger partial charge on any atom is -0.329 e. The summed E-state index contributed by atoms with van der Waals surface area (Å²) >= 11 is 5.08. The average molecular weight is 329 g/mol. The van der Waals surface area contributed by atoms with Gasteiger partial charge in [0, 0.05) is 28.5 Å². The molecule has 0 aliphatic heterocycles. The molecule has 1 unspecified atom stereocenters. The molecule has 2 rings (SSSR count). The van der Waals surface area contributed by atoms with E-state index in [1.807, 2.05) is 11.4 Å². The Morgan fingerprint density at radius 3 is 2.83 bits per heavy atom. The summed E-state index contributed by atoms with van der Waals surface area (Å²) < 4.78 is 13.8. The maximum Gasteiger partial charge on any atom is 0.124 e. The van der Waals surface area contributed by atoms with E-state index in [4.69, 9.17) is 5.73 Å². The standard InChI is InChI=1S/C13H14BrFN2S/c14-12-6-9(15)3-4-11(12)13(7-16)17-8-10-2-1-5-18-10/h1-6,13,17H,7-8,16H2. The summed E-state index contributed by atoms with van der Waals surface area (Å²) in [7, 11) is 0. The van der Waals surface area contributed by atoms with Crippen LogP contribution in [0.4, 0.5) is 4.39 Å². The van der Waals surface area contributed by atoms with Crippen molar-refractivity contribution in [1.82, 2.24) is 5.32 Å². The highest BCUT2D eigenvalue weighted by molar-refractivity contribution is 9.10. The van der Waals surface area contributed by atoms with E-state index >= 15 is 0 Å². The number of nitrogens with one attached hydrogen (secondary N) is 1. The number of hydrogen-bond donors (Lipinski definition) is 2. The summed E-state index contributed by atoms with van der Waals surface area (Å²) in [5.41, 5.74) is 6.76. The lowest BCUT2D eigenvalue weighted by Gasteiger charge is -2.18. The molecule has 1 aromatic carbocycles. The molecule has 2 aromatic rings. The molecule has 1 aromatic heterocycles. The molecule has 0 radical (unpaired) electrons. The van der Waals surface area contributed by atoms with E-state index in [0.29, 0.717) is 6.54 Å². The van der Waals surface area contributed by atoms with Gasteiger partial charge < -0.3 is 11.1 Å². The highest BCUT2D eigenvalue weighted by atomic mass is 79.9. The van der Waals surface area contributed by atoms with E-state index < -0.39 is 0 Å². The van der Waals surface area contributed by atoms with Crippen LogP contribution in [0.3, 0.4) is 0 Å². The van der Waals surface area contributed by atoms with E-state index in [1.165, 1.54) is 17.0 Å². The van der Waals surface area contributed by atoms with Gasteiger partial charge in [0.25, 0.3) is 0 Å². The van der Waals surface area contributed by atoms with E-state index in [0.717, 1.165) is 16.6 Å². The number of hydrogen-bond acceptors (Lipinski definition) is 3. The smallest absolute Gasteiger partial charge is 0.124 e. The maximum absolute atomic E-state index is 13.0. The Kier molecular flexibility index (Phi) is 4.88. The van der Waals surface area contributed by atoms with Gasteiger partial charge in [0.2, 0.25) is 0 Å². The third-order valence-corrected chi connectivity index (χ3v) is 4.24. The average Bonchev–Trinajstić information content (AvgIpc) is 2.85. The van der Waals surface area contributed by atoms with Crippen LogP contribution in [0.15, 0.2) is 40.2 Å². The van der Waals surface area contributed by atoms with E-state index in [-0.39, 0.29) is 11.9 Å². The predicted molar refractivity (Wildman–Crippen MR) is 77.1 cm³/mol. The van der Waals surface area contributed by atoms with Crippen molar-refractivity contribution in [2.45, 2.75) is 12.6 Å². The molecule has 2 nitrogen and oxygen atoms in total. The Labute approximate surface area is 118 Å². The Balaban J connectivity index is 2.08. The molecule has 0 fully saturated rings. The van der Waals surface area contributed by atoms with E-state index in [9.17, 15) is 4.39 Å². The second-order valence-electron chi connectivity index (χ2n) is 3.91. The molecule has 0 saturated carbocycles. The number of rotatable bonds is 5. The molecule has 18 heavy (non-hydrogen) atoms. The van der Waals surface area contributed by atoms with Crippen LogP contribution >= 0.6 is 27.3 Å². The first kappa shape index (κ1) is 13.7. The van der Waals surface area contributed by atoms with Crippen molar-refractivity contribution in [2.75, 3.05) is 6.54 Å². The first-order chi connectivity index (χ1) is 8.70. The molecule has 1 heterocycles. The van der Waals surface area contributed by atoms with Crippen molar-refractivity contribution in [3.05, 3.63) is 56.4 Å². The second kappa shape index (κ2) is 6.43. The Bertz CT molecular complexity index is 502. The molecule has 1 atom stereocenters.